The van der Waals surface area contributed by atoms with E-state index in [1.165, 1.54) is 4.31 Å². The summed E-state index contributed by atoms with van der Waals surface area (Å²) in [7, 11) is -3.46. The van der Waals surface area contributed by atoms with Gasteiger partial charge in [-0.15, -0.1) is 0 Å². The molecule has 4 nitrogen and oxygen atoms in total. The van der Waals surface area contributed by atoms with Crippen molar-refractivity contribution in [2.45, 2.75) is 37.7 Å². The molecule has 1 fully saturated rings. The van der Waals surface area contributed by atoms with Gasteiger partial charge in [-0.2, -0.15) is 4.31 Å². The van der Waals surface area contributed by atoms with E-state index in [-0.39, 0.29) is 6.10 Å². The lowest BCUT2D eigenvalue weighted by Crippen LogP contribution is -2.30. The molecule has 2 rings (SSSR count). The number of nitrogens with zero attached hydrogens (tertiary/aromatic N) is 1. The van der Waals surface area contributed by atoms with Crippen molar-refractivity contribution in [3.8, 4) is 0 Å². The Balaban J connectivity index is 2.08. The predicted molar refractivity (Wildman–Crippen MR) is 83.7 cm³/mol. The zero-order valence-corrected chi connectivity index (χ0v) is 13.5. The number of ether oxygens (including phenoxy) is 1. The molecule has 21 heavy (non-hydrogen) atoms. The van der Waals surface area contributed by atoms with Gasteiger partial charge in [0, 0.05) is 19.7 Å². The van der Waals surface area contributed by atoms with E-state index in [9.17, 15) is 8.42 Å². The molecule has 0 saturated carbocycles. The van der Waals surface area contributed by atoms with Crippen molar-refractivity contribution < 1.29 is 13.2 Å². The van der Waals surface area contributed by atoms with Crippen molar-refractivity contribution in [2.24, 2.45) is 0 Å². The first-order chi connectivity index (χ1) is 9.95. The zero-order valence-electron chi connectivity index (χ0n) is 12.7. The molecule has 0 N–H and O–H groups in total. The number of hydrogen-bond acceptors (Lipinski definition) is 3. The number of rotatable bonds is 6. The van der Waals surface area contributed by atoms with E-state index in [0.717, 1.165) is 24.0 Å². The summed E-state index contributed by atoms with van der Waals surface area (Å²) in [6.07, 6.45) is 1.86. The Bertz CT molecular complexity index is 592. The van der Waals surface area contributed by atoms with Crippen LogP contribution in [0.5, 0.6) is 0 Å². The minimum absolute atomic E-state index is 0.184. The molecule has 0 bridgehead atoms. The first kappa shape index (κ1) is 16.2. The summed E-state index contributed by atoms with van der Waals surface area (Å²) >= 11 is 0. The van der Waals surface area contributed by atoms with Crippen molar-refractivity contribution in [1.82, 2.24) is 4.31 Å². The van der Waals surface area contributed by atoms with Crippen LogP contribution in [0.1, 0.15) is 25.3 Å². The van der Waals surface area contributed by atoms with Gasteiger partial charge in [0.1, 0.15) is 0 Å². The Morgan fingerprint density at radius 2 is 2.00 bits per heavy atom. The number of sulfonamides is 1. The van der Waals surface area contributed by atoms with Crippen molar-refractivity contribution in [1.29, 1.82) is 0 Å². The normalized spacial score (nSPS) is 20.1. The van der Waals surface area contributed by atoms with Gasteiger partial charge >= 0.3 is 0 Å². The summed E-state index contributed by atoms with van der Waals surface area (Å²) in [6.45, 7) is 9.34. The lowest BCUT2D eigenvalue weighted by Gasteiger charge is -2.16. The van der Waals surface area contributed by atoms with Gasteiger partial charge in [-0.05, 0) is 31.1 Å². The van der Waals surface area contributed by atoms with Crippen LogP contribution in [-0.4, -0.2) is 38.5 Å². The van der Waals surface area contributed by atoms with Gasteiger partial charge < -0.3 is 4.74 Å². The van der Waals surface area contributed by atoms with Crippen molar-refractivity contribution in [3.63, 3.8) is 0 Å². The Morgan fingerprint density at radius 1 is 1.33 bits per heavy atom. The van der Waals surface area contributed by atoms with E-state index in [2.05, 4.69) is 13.5 Å². The molecule has 1 saturated heterocycles. The fourth-order valence-corrected chi connectivity index (χ4v) is 3.74. The Kier molecular flexibility index (Phi) is 5.19. The predicted octanol–water partition coefficient (Wildman–Crippen LogP) is 2.74. The zero-order chi connectivity index (χ0) is 15.5. The van der Waals surface area contributed by atoms with Gasteiger partial charge in [0.2, 0.25) is 10.0 Å². The van der Waals surface area contributed by atoms with E-state index in [1.807, 2.05) is 19.1 Å². The third-order valence-corrected chi connectivity index (χ3v) is 5.51. The molecule has 0 amide bonds. The van der Waals surface area contributed by atoms with Gasteiger partial charge in [-0.25, -0.2) is 8.42 Å². The maximum atomic E-state index is 12.6. The average molecular weight is 309 g/mol. The minimum atomic E-state index is -3.46. The summed E-state index contributed by atoms with van der Waals surface area (Å²) in [5.41, 5.74) is 1.88. The highest BCUT2D eigenvalue weighted by molar-refractivity contribution is 7.89. The fraction of sp³-hybridized carbons (Fsp3) is 0.500. The smallest absolute Gasteiger partial charge is 0.243 e. The molecule has 1 aliphatic rings. The lowest BCUT2D eigenvalue weighted by molar-refractivity contribution is 0.0818. The summed E-state index contributed by atoms with van der Waals surface area (Å²) < 4.78 is 32.4. The van der Waals surface area contributed by atoms with Gasteiger partial charge in [0.05, 0.1) is 11.0 Å². The van der Waals surface area contributed by atoms with Gasteiger partial charge in [-0.3, -0.25) is 0 Å². The maximum absolute atomic E-state index is 12.6. The molecule has 1 aromatic carbocycles. The highest BCUT2D eigenvalue weighted by Crippen LogP contribution is 2.25. The second kappa shape index (κ2) is 6.73. The van der Waals surface area contributed by atoms with Crippen LogP contribution in [0.25, 0.3) is 0 Å². The van der Waals surface area contributed by atoms with Crippen LogP contribution in [-0.2, 0) is 14.8 Å². The van der Waals surface area contributed by atoms with Crippen LogP contribution in [0.4, 0.5) is 0 Å². The second-order valence-electron chi connectivity index (χ2n) is 5.48. The van der Waals surface area contributed by atoms with Crippen molar-refractivity contribution in [2.75, 3.05) is 19.7 Å². The molecule has 1 aliphatic heterocycles. The fourth-order valence-electron chi connectivity index (χ4n) is 2.29. The van der Waals surface area contributed by atoms with Gasteiger partial charge in [0.15, 0.2) is 0 Å². The van der Waals surface area contributed by atoms with Crippen LogP contribution in [0.3, 0.4) is 0 Å². The maximum Gasteiger partial charge on any atom is 0.243 e. The first-order valence-corrected chi connectivity index (χ1v) is 8.75. The standard InChI is InChI=1S/C16H23NO3S/c1-4-5-10-20-16-12-17(11-14(16)3)21(18,19)15-8-6-13(2)7-9-15/h6-9,16H,3-5,10-12H2,1-2H3. The van der Waals surface area contributed by atoms with Crippen LogP contribution >= 0.6 is 0 Å². The molecule has 1 aromatic rings. The third-order valence-electron chi connectivity index (χ3n) is 3.68. The highest BCUT2D eigenvalue weighted by atomic mass is 32.2. The first-order valence-electron chi connectivity index (χ1n) is 7.31. The topological polar surface area (TPSA) is 46.6 Å². The number of benzene rings is 1. The summed E-state index contributed by atoms with van der Waals surface area (Å²) in [6, 6.07) is 6.93. The van der Waals surface area contributed by atoms with E-state index >= 15 is 0 Å². The molecule has 1 atom stereocenters. The summed E-state index contributed by atoms with van der Waals surface area (Å²) in [4.78, 5) is 0.329. The highest BCUT2D eigenvalue weighted by Gasteiger charge is 2.35. The Morgan fingerprint density at radius 3 is 2.62 bits per heavy atom. The molecule has 0 aromatic heterocycles. The molecule has 116 valence electrons. The molecular weight excluding hydrogens is 286 g/mol. The van der Waals surface area contributed by atoms with E-state index in [4.69, 9.17) is 4.74 Å². The third kappa shape index (κ3) is 3.73. The van der Waals surface area contributed by atoms with Crippen LogP contribution in [0.2, 0.25) is 0 Å². The van der Waals surface area contributed by atoms with Crippen LogP contribution in [0, 0.1) is 6.92 Å². The molecule has 5 heteroatoms. The van der Waals surface area contributed by atoms with Gasteiger partial charge in [0.25, 0.3) is 0 Å². The number of unbranched alkanes of at least 4 members (excludes halogenated alkanes) is 1. The van der Waals surface area contributed by atoms with E-state index < -0.39 is 10.0 Å². The molecule has 0 spiro atoms. The van der Waals surface area contributed by atoms with E-state index in [0.29, 0.717) is 24.6 Å². The minimum Gasteiger partial charge on any atom is -0.372 e. The molecular formula is C16H23NO3S. The Labute approximate surface area is 127 Å². The molecule has 1 heterocycles. The Hall–Kier alpha value is -1.17. The summed E-state index contributed by atoms with van der Waals surface area (Å²) in [5, 5.41) is 0. The second-order valence-corrected chi connectivity index (χ2v) is 7.42. The molecule has 0 radical (unpaired) electrons. The van der Waals surface area contributed by atoms with Gasteiger partial charge in [-0.1, -0.05) is 37.6 Å². The molecule has 1 unspecified atom stereocenters. The largest absolute Gasteiger partial charge is 0.372 e. The van der Waals surface area contributed by atoms with Crippen LogP contribution < -0.4 is 0 Å². The monoisotopic (exact) mass is 309 g/mol. The molecule has 0 aliphatic carbocycles. The van der Waals surface area contributed by atoms with E-state index in [1.54, 1.807) is 12.1 Å². The SMILES string of the molecule is C=C1CN(S(=O)(=O)c2ccc(C)cc2)CC1OCCCC. The quantitative estimate of drug-likeness (QED) is 0.599. The van der Waals surface area contributed by atoms with Crippen molar-refractivity contribution in [3.05, 3.63) is 42.0 Å². The number of hydrogen-bond donors (Lipinski definition) is 0. The average Bonchev–Trinajstić information content (AvgIpc) is 2.82. The van der Waals surface area contributed by atoms with Crippen LogP contribution in [0.15, 0.2) is 41.3 Å². The lowest BCUT2D eigenvalue weighted by atomic mass is 10.2. The summed E-state index contributed by atoms with van der Waals surface area (Å²) in [5.74, 6) is 0. The number of aryl methyl sites for hydroxylation is 1. The van der Waals surface area contributed by atoms with Crippen molar-refractivity contribution >= 4 is 10.0 Å².